The molecule has 2 aliphatic rings. The third-order valence-corrected chi connectivity index (χ3v) is 8.77. The van der Waals surface area contributed by atoms with Crippen LogP contribution in [-0.2, 0) is 6.54 Å². The minimum atomic E-state index is -0.144. The topological polar surface area (TPSA) is 125 Å². The lowest BCUT2D eigenvalue weighted by Crippen LogP contribution is -2.34. The predicted octanol–water partition coefficient (Wildman–Crippen LogP) is 3.43. The third-order valence-electron chi connectivity index (χ3n) is 7.96. The minimum absolute atomic E-state index is 0.144. The summed E-state index contributed by atoms with van der Waals surface area (Å²) in [6, 6.07) is 9.67. The van der Waals surface area contributed by atoms with E-state index in [-0.39, 0.29) is 11.7 Å². The summed E-state index contributed by atoms with van der Waals surface area (Å²) in [5.74, 6) is 1.87. The Morgan fingerprint density at radius 3 is 2.61 bits per heavy atom. The van der Waals surface area contributed by atoms with Gasteiger partial charge in [-0.25, -0.2) is 20.4 Å². The number of nitrogens with one attached hydrogen (secondary N) is 3. The molecule has 13 heteroatoms. The lowest BCUT2D eigenvalue weighted by atomic mass is 10.1. The van der Waals surface area contributed by atoms with Gasteiger partial charge >= 0.3 is 0 Å². The fraction of sp³-hybridized carbons (Fsp3) is 0.387. The van der Waals surface area contributed by atoms with E-state index < -0.39 is 0 Å². The van der Waals surface area contributed by atoms with E-state index in [4.69, 9.17) is 14.7 Å². The van der Waals surface area contributed by atoms with Gasteiger partial charge in [-0.15, -0.1) is 0 Å². The second-order valence-electron chi connectivity index (χ2n) is 10.9. The minimum Gasteiger partial charge on any atom is -0.490 e. The maximum atomic E-state index is 14.1. The van der Waals surface area contributed by atoms with Gasteiger partial charge in [0.05, 0.1) is 11.3 Å². The summed E-state index contributed by atoms with van der Waals surface area (Å²) < 4.78 is 9.95. The summed E-state index contributed by atoms with van der Waals surface area (Å²) in [6.45, 7) is 5.72. The Morgan fingerprint density at radius 1 is 1.11 bits per heavy atom. The van der Waals surface area contributed by atoms with Crippen molar-refractivity contribution in [2.45, 2.75) is 32.4 Å². The van der Waals surface area contributed by atoms with Crippen LogP contribution in [0, 0.1) is 6.92 Å². The molecule has 0 unspecified atom stereocenters. The standard InChI is InChI=1S/C31H38N10O2S/c1-20-26(19-33-28(36-20)27-11-14-35-40(27)3)25-17-21-18-34-31(38-29(21)41(30(25)42)16-15-39(2)44-4)37-22-5-7-23(8-6-22)43-24-9-12-32-13-10-24/h5-8,11,17-19,24,32,35H,9-10,12-16H2,1-4H3,(H,34,37,38). The van der Waals surface area contributed by atoms with Crippen molar-refractivity contribution in [3.63, 3.8) is 0 Å². The van der Waals surface area contributed by atoms with Crippen LogP contribution >= 0.6 is 11.9 Å². The molecule has 4 aromatic rings. The monoisotopic (exact) mass is 614 g/mol. The number of likely N-dealkylation sites (N-methyl/N-ethyl adjacent to an activating group) is 1. The molecule has 1 saturated heterocycles. The highest BCUT2D eigenvalue weighted by molar-refractivity contribution is 7.96. The highest BCUT2D eigenvalue weighted by Gasteiger charge is 2.20. The number of rotatable bonds is 10. The van der Waals surface area contributed by atoms with Crippen molar-refractivity contribution in [1.29, 1.82) is 0 Å². The van der Waals surface area contributed by atoms with Crippen molar-refractivity contribution in [1.82, 2.24) is 44.6 Å². The van der Waals surface area contributed by atoms with Crippen molar-refractivity contribution in [2.75, 3.05) is 51.8 Å². The summed E-state index contributed by atoms with van der Waals surface area (Å²) in [6.07, 6.45) is 9.80. The molecule has 0 bridgehead atoms. The van der Waals surface area contributed by atoms with Crippen molar-refractivity contribution < 1.29 is 4.74 Å². The van der Waals surface area contributed by atoms with Gasteiger partial charge in [0.2, 0.25) is 5.95 Å². The predicted molar refractivity (Wildman–Crippen MR) is 176 cm³/mol. The quantitative estimate of drug-likeness (QED) is 0.227. The zero-order valence-corrected chi connectivity index (χ0v) is 26.3. The highest BCUT2D eigenvalue weighted by atomic mass is 32.2. The van der Waals surface area contributed by atoms with Gasteiger partial charge in [0, 0.05) is 61.4 Å². The number of ether oxygens (including phenoxy) is 1. The number of fused-ring (bicyclic) bond motifs is 1. The first-order chi connectivity index (χ1) is 21.4. The summed E-state index contributed by atoms with van der Waals surface area (Å²) in [5, 5.41) is 9.31. The molecule has 6 rings (SSSR count). The van der Waals surface area contributed by atoms with Gasteiger partial charge in [-0.05, 0) is 82.6 Å². The van der Waals surface area contributed by atoms with Gasteiger partial charge in [0.1, 0.15) is 17.5 Å². The average molecular weight is 615 g/mol. The van der Waals surface area contributed by atoms with E-state index in [1.807, 2.05) is 68.7 Å². The molecule has 3 aromatic heterocycles. The zero-order chi connectivity index (χ0) is 30.6. The zero-order valence-electron chi connectivity index (χ0n) is 25.5. The Kier molecular flexibility index (Phi) is 9.07. The Morgan fingerprint density at radius 2 is 1.91 bits per heavy atom. The van der Waals surface area contributed by atoms with Crippen LogP contribution in [0.2, 0.25) is 0 Å². The molecule has 3 N–H and O–H groups in total. The summed E-state index contributed by atoms with van der Waals surface area (Å²) in [4.78, 5) is 32.8. The molecule has 0 saturated carbocycles. The molecule has 44 heavy (non-hydrogen) atoms. The number of benzene rings is 1. The van der Waals surface area contributed by atoms with Crippen molar-refractivity contribution in [2.24, 2.45) is 0 Å². The highest BCUT2D eigenvalue weighted by Crippen LogP contribution is 2.26. The third kappa shape index (κ3) is 6.55. The van der Waals surface area contributed by atoms with Crippen LogP contribution in [0.3, 0.4) is 0 Å². The van der Waals surface area contributed by atoms with Gasteiger partial charge in [0.15, 0.2) is 5.82 Å². The maximum absolute atomic E-state index is 14.1. The first-order valence-corrected chi connectivity index (χ1v) is 16.0. The van der Waals surface area contributed by atoms with Crippen LogP contribution < -0.4 is 26.4 Å². The largest absolute Gasteiger partial charge is 0.490 e. The Labute approximate surface area is 261 Å². The van der Waals surface area contributed by atoms with E-state index in [9.17, 15) is 4.79 Å². The second kappa shape index (κ2) is 13.3. The van der Waals surface area contributed by atoms with Crippen LogP contribution in [0.1, 0.15) is 24.4 Å². The van der Waals surface area contributed by atoms with E-state index in [1.54, 1.807) is 28.9 Å². The molecule has 0 aliphatic carbocycles. The number of aryl methyl sites for hydroxylation is 1. The van der Waals surface area contributed by atoms with Gasteiger partial charge in [-0.2, -0.15) is 4.98 Å². The number of hydrazine groups is 1. The van der Waals surface area contributed by atoms with Gasteiger partial charge in [-0.1, -0.05) is 11.9 Å². The van der Waals surface area contributed by atoms with Gasteiger partial charge in [0.25, 0.3) is 5.56 Å². The number of piperidine rings is 1. The molecule has 5 heterocycles. The summed E-state index contributed by atoms with van der Waals surface area (Å²) in [5.41, 5.74) is 7.32. The fourth-order valence-corrected chi connectivity index (χ4v) is 5.67. The molecule has 230 valence electrons. The molecule has 1 fully saturated rings. The number of pyridine rings is 1. The Hall–Kier alpha value is -4.04. The molecule has 12 nitrogen and oxygen atoms in total. The van der Waals surface area contributed by atoms with Crippen molar-refractivity contribution in [3.8, 4) is 16.9 Å². The molecule has 0 radical (unpaired) electrons. The lowest BCUT2D eigenvalue weighted by molar-refractivity contribution is 0.162. The van der Waals surface area contributed by atoms with E-state index in [1.165, 1.54) is 0 Å². The van der Waals surface area contributed by atoms with Crippen LogP contribution in [0.25, 0.3) is 27.9 Å². The van der Waals surface area contributed by atoms with E-state index in [0.717, 1.165) is 60.7 Å². The first kappa shape index (κ1) is 30.0. The van der Waals surface area contributed by atoms with Crippen molar-refractivity contribution >= 4 is 40.3 Å². The van der Waals surface area contributed by atoms with Gasteiger partial charge < -0.3 is 20.4 Å². The lowest BCUT2D eigenvalue weighted by Gasteiger charge is -2.23. The average Bonchev–Trinajstić information content (AvgIpc) is 3.47. The Balaban J connectivity index is 1.30. The number of aromatic nitrogens is 5. The fourth-order valence-electron chi connectivity index (χ4n) is 5.40. The summed E-state index contributed by atoms with van der Waals surface area (Å²) in [7, 11) is 3.93. The molecule has 2 aliphatic heterocycles. The van der Waals surface area contributed by atoms with E-state index >= 15 is 0 Å². The van der Waals surface area contributed by atoms with Crippen molar-refractivity contribution in [3.05, 3.63) is 70.7 Å². The van der Waals surface area contributed by atoms with Crippen LogP contribution in [0.4, 0.5) is 11.6 Å². The molecular formula is C31H38N10O2S. The van der Waals surface area contributed by atoms with E-state index in [0.29, 0.717) is 41.6 Å². The molecule has 0 spiro atoms. The van der Waals surface area contributed by atoms with Crippen LogP contribution in [-0.4, -0.2) is 86.5 Å². The smallest absolute Gasteiger partial charge is 0.260 e. The SMILES string of the molecule is CSN(C)CCn1c(=O)c(-c2cnc(C3=CCNN3C)nc2C)cc2cnc(Nc3ccc(OC4CCNCC4)cc3)nc21. The molecular weight excluding hydrogens is 576 g/mol. The first-order valence-electron chi connectivity index (χ1n) is 14.8. The number of hydrogen-bond donors (Lipinski definition) is 3. The number of anilines is 2. The number of nitrogens with zero attached hydrogens (tertiary/aromatic N) is 7. The van der Waals surface area contributed by atoms with Crippen LogP contribution in [0.5, 0.6) is 5.75 Å². The Bertz CT molecular complexity index is 1720. The molecule has 0 atom stereocenters. The van der Waals surface area contributed by atoms with E-state index in [2.05, 4.69) is 30.3 Å². The molecule has 1 aromatic carbocycles. The normalized spacial score (nSPS) is 15.7. The number of hydrogen-bond acceptors (Lipinski definition) is 12. The maximum Gasteiger partial charge on any atom is 0.260 e. The molecule has 0 amide bonds. The van der Waals surface area contributed by atoms with Crippen LogP contribution in [0.15, 0.2) is 53.6 Å². The van der Waals surface area contributed by atoms with Gasteiger partial charge in [-0.3, -0.25) is 13.7 Å². The second-order valence-corrected chi connectivity index (χ2v) is 11.9. The summed E-state index contributed by atoms with van der Waals surface area (Å²) >= 11 is 1.61.